The normalized spacial score (nSPS) is 26.5. The van der Waals surface area contributed by atoms with Crippen LogP contribution in [0.3, 0.4) is 0 Å². The fourth-order valence-corrected chi connectivity index (χ4v) is 2.60. The van der Waals surface area contributed by atoms with Crippen molar-refractivity contribution in [3.05, 3.63) is 27.7 Å². The van der Waals surface area contributed by atoms with Crippen molar-refractivity contribution in [1.29, 1.82) is 0 Å². The summed E-state index contributed by atoms with van der Waals surface area (Å²) in [6.45, 7) is 0. The Morgan fingerprint density at radius 2 is 2.28 bits per heavy atom. The Morgan fingerprint density at radius 3 is 2.78 bits per heavy atom. The summed E-state index contributed by atoms with van der Waals surface area (Å²) in [5, 5.41) is 3.80. The molecule has 0 aliphatic heterocycles. The molecule has 2 rings (SSSR count). The molecule has 0 unspecified atom stereocenters. The molecule has 1 aromatic carbocycles. The monoisotopic (exact) mass is 332 g/mol. The van der Waals surface area contributed by atoms with Gasteiger partial charge in [0.2, 0.25) is 5.91 Å². The molecule has 1 fully saturated rings. The molecule has 4 nitrogen and oxygen atoms in total. The molecule has 0 saturated heterocycles. The summed E-state index contributed by atoms with van der Waals surface area (Å²) < 4.78 is 5.97. The van der Waals surface area contributed by atoms with Crippen LogP contribution < -0.4 is 11.1 Å². The first kappa shape index (κ1) is 13.6. The molecule has 3 N–H and O–H groups in total. The lowest BCUT2D eigenvalue weighted by molar-refractivity contribution is -0.130. The number of hydrogen-bond acceptors (Lipinski definition) is 3. The topological polar surface area (TPSA) is 64.3 Å². The van der Waals surface area contributed by atoms with Gasteiger partial charge in [0.1, 0.15) is 5.54 Å². The van der Waals surface area contributed by atoms with Crippen LogP contribution in [0, 0.1) is 0 Å². The van der Waals surface area contributed by atoms with Crippen LogP contribution in [0.5, 0.6) is 0 Å². The first-order chi connectivity index (χ1) is 8.47. The molecule has 0 aromatic heterocycles. The van der Waals surface area contributed by atoms with E-state index in [2.05, 4.69) is 21.2 Å². The first-order valence-corrected chi connectivity index (χ1v) is 6.70. The van der Waals surface area contributed by atoms with Crippen molar-refractivity contribution in [1.82, 2.24) is 0 Å². The standard InChI is InChI=1S/C12H14BrClN2O2/c1-18-8-5-12(6-8,11(15)17)16-7-2-3-10(14)9(13)4-7/h2-4,8,16H,5-6H2,1H3,(H2,15,17). The summed E-state index contributed by atoms with van der Waals surface area (Å²) in [4.78, 5) is 11.6. The Balaban J connectivity index is 2.15. The van der Waals surface area contributed by atoms with E-state index in [4.69, 9.17) is 22.1 Å². The van der Waals surface area contributed by atoms with E-state index >= 15 is 0 Å². The van der Waals surface area contributed by atoms with Crippen LogP contribution in [0.15, 0.2) is 22.7 Å². The van der Waals surface area contributed by atoms with Crippen molar-refractivity contribution in [2.24, 2.45) is 5.73 Å². The Hall–Kier alpha value is -0.780. The van der Waals surface area contributed by atoms with Gasteiger partial charge in [0.05, 0.1) is 11.1 Å². The maximum atomic E-state index is 11.6. The summed E-state index contributed by atoms with van der Waals surface area (Å²) in [6.07, 6.45) is 1.25. The van der Waals surface area contributed by atoms with Gasteiger partial charge >= 0.3 is 0 Å². The Bertz CT molecular complexity index is 475. The molecule has 18 heavy (non-hydrogen) atoms. The number of nitrogens with one attached hydrogen (secondary N) is 1. The van der Waals surface area contributed by atoms with Crippen molar-refractivity contribution in [2.75, 3.05) is 12.4 Å². The molecule has 0 atom stereocenters. The van der Waals surface area contributed by atoms with E-state index in [0.29, 0.717) is 17.9 Å². The van der Waals surface area contributed by atoms with Crippen molar-refractivity contribution in [3.63, 3.8) is 0 Å². The predicted molar refractivity (Wildman–Crippen MR) is 74.7 cm³/mol. The largest absolute Gasteiger partial charge is 0.381 e. The minimum atomic E-state index is -0.714. The summed E-state index contributed by atoms with van der Waals surface area (Å²) in [5.74, 6) is -0.359. The van der Waals surface area contributed by atoms with Crippen molar-refractivity contribution >= 4 is 39.1 Å². The maximum Gasteiger partial charge on any atom is 0.243 e. The zero-order chi connectivity index (χ0) is 13.3. The molecule has 6 heteroatoms. The number of halogens is 2. The number of ether oxygens (including phenoxy) is 1. The Morgan fingerprint density at radius 1 is 1.61 bits per heavy atom. The minimum Gasteiger partial charge on any atom is -0.381 e. The summed E-state index contributed by atoms with van der Waals surface area (Å²) in [7, 11) is 1.63. The van der Waals surface area contributed by atoms with Gasteiger partial charge in [-0.3, -0.25) is 4.79 Å². The van der Waals surface area contributed by atoms with Crippen LogP contribution in [0.25, 0.3) is 0 Å². The van der Waals surface area contributed by atoms with Crippen LogP contribution >= 0.6 is 27.5 Å². The van der Waals surface area contributed by atoms with Gasteiger partial charge in [0, 0.05) is 30.1 Å². The van der Waals surface area contributed by atoms with Crippen LogP contribution in [-0.4, -0.2) is 24.7 Å². The molecular formula is C12H14BrClN2O2. The quantitative estimate of drug-likeness (QED) is 0.890. The van der Waals surface area contributed by atoms with Crippen molar-refractivity contribution < 1.29 is 9.53 Å². The van der Waals surface area contributed by atoms with E-state index in [1.54, 1.807) is 13.2 Å². The third-order valence-corrected chi connectivity index (χ3v) is 4.47. The maximum absolute atomic E-state index is 11.6. The third-order valence-electron chi connectivity index (χ3n) is 3.26. The molecule has 1 aliphatic rings. The number of carbonyl (C=O) groups excluding carboxylic acids is 1. The highest BCUT2D eigenvalue weighted by Crippen LogP contribution is 2.38. The summed E-state index contributed by atoms with van der Waals surface area (Å²) in [6, 6.07) is 5.40. The number of rotatable bonds is 4. The zero-order valence-corrected chi connectivity index (χ0v) is 12.2. The number of anilines is 1. The lowest BCUT2D eigenvalue weighted by atomic mass is 9.73. The molecular weight excluding hydrogens is 320 g/mol. The molecule has 98 valence electrons. The number of methoxy groups -OCH3 is 1. The molecule has 0 radical (unpaired) electrons. The van der Waals surface area contributed by atoms with Gasteiger partial charge in [0.15, 0.2) is 0 Å². The van der Waals surface area contributed by atoms with E-state index < -0.39 is 5.54 Å². The number of hydrogen-bond donors (Lipinski definition) is 2. The highest BCUT2D eigenvalue weighted by molar-refractivity contribution is 9.10. The van der Waals surface area contributed by atoms with Crippen LogP contribution in [0.4, 0.5) is 5.69 Å². The second-order valence-corrected chi connectivity index (χ2v) is 5.73. The highest BCUT2D eigenvalue weighted by atomic mass is 79.9. The minimum absolute atomic E-state index is 0.0840. The van der Waals surface area contributed by atoms with Crippen LogP contribution in [0.1, 0.15) is 12.8 Å². The molecule has 0 spiro atoms. The van der Waals surface area contributed by atoms with Gasteiger partial charge in [-0.25, -0.2) is 0 Å². The van der Waals surface area contributed by atoms with E-state index in [0.717, 1.165) is 10.2 Å². The second kappa shape index (κ2) is 5.07. The fourth-order valence-electron chi connectivity index (χ4n) is 2.10. The van der Waals surface area contributed by atoms with Gasteiger partial charge in [-0.1, -0.05) is 11.6 Å². The SMILES string of the molecule is COC1CC(Nc2ccc(Cl)c(Br)c2)(C(N)=O)C1. The van der Waals surface area contributed by atoms with E-state index in [1.165, 1.54) is 0 Å². The van der Waals surface area contributed by atoms with Gasteiger partial charge in [-0.2, -0.15) is 0 Å². The van der Waals surface area contributed by atoms with Crippen LogP contribution in [0.2, 0.25) is 5.02 Å². The van der Waals surface area contributed by atoms with Gasteiger partial charge in [-0.05, 0) is 34.1 Å². The second-order valence-electron chi connectivity index (χ2n) is 4.47. The molecule has 1 aromatic rings. The number of carbonyl (C=O) groups is 1. The average Bonchev–Trinajstić information content (AvgIpc) is 2.27. The van der Waals surface area contributed by atoms with Gasteiger partial charge in [-0.15, -0.1) is 0 Å². The average molecular weight is 334 g/mol. The lowest BCUT2D eigenvalue weighted by Crippen LogP contribution is -2.61. The molecule has 1 aliphatic carbocycles. The number of amides is 1. The summed E-state index contributed by atoms with van der Waals surface area (Å²) in [5.41, 5.74) is 5.56. The molecule has 0 heterocycles. The predicted octanol–water partition coefficient (Wildman–Crippen LogP) is 2.55. The number of nitrogens with two attached hydrogens (primary N) is 1. The summed E-state index contributed by atoms with van der Waals surface area (Å²) >= 11 is 9.26. The van der Waals surface area contributed by atoms with E-state index in [9.17, 15) is 4.79 Å². The smallest absolute Gasteiger partial charge is 0.243 e. The van der Waals surface area contributed by atoms with E-state index in [1.807, 2.05) is 12.1 Å². The van der Waals surface area contributed by atoms with Gasteiger partial charge in [0.25, 0.3) is 0 Å². The third kappa shape index (κ3) is 2.48. The van der Waals surface area contributed by atoms with Crippen molar-refractivity contribution in [2.45, 2.75) is 24.5 Å². The molecule has 1 amide bonds. The number of primary amides is 1. The molecule has 1 saturated carbocycles. The number of benzene rings is 1. The van der Waals surface area contributed by atoms with Gasteiger partial charge < -0.3 is 15.8 Å². The Kier molecular flexibility index (Phi) is 3.84. The fraction of sp³-hybridized carbons (Fsp3) is 0.417. The zero-order valence-electron chi connectivity index (χ0n) is 9.87. The van der Waals surface area contributed by atoms with Crippen LogP contribution in [-0.2, 0) is 9.53 Å². The first-order valence-electron chi connectivity index (χ1n) is 5.53. The molecule has 0 bridgehead atoms. The Labute approximate surface area is 119 Å². The van der Waals surface area contributed by atoms with Crippen molar-refractivity contribution in [3.8, 4) is 0 Å². The van der Waals surface area contributed by atoms with E-state index in [-0.39, 0.29) is 12.0 Å². The lowest BCUT2D eigenvalue weighted by Gasteiger charge is -2.45. The highest BCUT2D eigenvalue weighted by Gasteiger charge is 2.49.